The lowest BCUT2D eigenvalue weighted by atomic mass is 10.0. The minimum Gasteiger partial charge on any atom is -0.350 e. The van der Waals surface area contributed by atoms with Gasteiger partial charge in [0.1, 0.15) is 0 Å². The van der Waals surface area contributed by atoms with Crippen LogP contribution in [0.4, 0.5) is 0 Å². The van der Waals surface area contributed by atoms with Gasteiger partial charge in [-0.05, 0) is 19.8 Å². The number of hydrogen-bond acceptors (Lipinski definition) is 2. The average Bonchev–Trinajstić information content (AvgIpc) is 2.69. The number of rotatable bonds is 6. The number of hydrogen-bond donors (Lipinski definition) is 1. The summed E-state index contributed by atoms with van der Waals surface area (Å²) in [5, 5.41) is 7.66. The molecule has 0 aliphatic heterocycles. The van der Waals surface area contributed by atoms with Gasteiger partial charge in [-0.25, -0.2) is 0 Å². The molecule has 0 aliphatic rings. The molecule has 0 unspecified atom stereocenters. The topological polar surface area (TPSA) is 46.9 Å². The maximum Gasteiger partial charge on any atom is 0.223 e. The molecule has 1 aromatic rings. The average molecular weight is 258 g/mol. The molecule has 0 radical (unpaired) electrons. The third-order valence-electron chi connectivity index (χ3n) is 2.98. The lowest BCUT2D eigenvalue weighted by Crippen LogP contribution is -2.30. The van der Waals surface area contributed by atoms with Gasteiger partial charge in [0, 0.05) is 12.5 Å². The summed E-state index contributed by atoms with van der Waals surface area (Å²) >= 11 is 6.02. The van der Waals surface area contributed by atoms with Crippen molar-refractivity contribution in [2.24, 2.45) is 5.92 Å². The van der Waals surface area contributed by atoms with Crippen molar-refractivity contribution in [3.63, 3.8) is 0 Å². The van der Waals surface area contributed by atoms with E-state index < -0.39 is 0 Å². The standard InChI is InChI=1S/C12H20ClN3O/c1-4-9(5-2)12(17)14-8-11-10(13)7-15-16(11)6-3/h7,9H,4-6,8H2,1-3H3,(H,14,17). The zero-order valence-electron chi connectivity index (χ0n) is 10.7. The van der Waals surface area contributed by atoms with Crippen LogP contribution in [0.3, 0.4) is 0 Å². The lowest BCUT2D eigenvalue weighted by molar-refractivity contribution is -0.125. The summed E-state index contributed by atoms with van der Waals surface area (Å²) in [6, 6.07) is 0. The van der Waals surface area contributed by atoms with Gasteiger partial charge >= 0.3 is 0 Å². The number of nitrogens with one attached hydrogen (secondary N) is 1. The predicted molar refractivity (Wildman–Crippen MR) is 68.8 cm³/mol. The maximum atomic E-state index is 11.8. The molecule has 1 rings (SSSR count). The Morgan fingerprint density at radius 3 is 2.65 bits per heavy atom. The van der Waals surface area contributed by atoms with Crippen molar-refractivity contribution in [1.82, 2.24) is 15.1 Å². The Hall–Kier alpha value is -1.03. The van der Waals surface area contributed by atoms with E-state index in [1.54, 1.807) is 10.9 Å². The number of amides is 1. The molecular weight excluding hydrogens is 238 g/mol. The SMILES string of the molecule is CCC(CC)C(=O)NCc1c(Cl)cnn1CC. The maximum absolute atomic E-state index is 11.8. The molecule has 0 spiro atoms. The van der Waals surface area contributed by atoms with Crippen LogP contribution in [0.1, 0.15) is 39.3 Å². The molecule has 1 heterocycles. The van der Waals surface area contributed by atoms with Crippen LogP contribution >= 0.6 is 11.6 Å². The van der Waals surface area contributed by atoms with Gasteiger partial charge in [0.15, 0.2) is 0 Å². The molecule has 17 heavy (non-hydrogen) atoms. The highest BCUT2D eigenvalue weighted by atomic mass is 35.5. The quantitative estimate of drug-likeness (QED) is 0.852. The fraction of sp³-hybridized carbons (Fsp3) is 0.667. The van der Waals surface area contributed by atoms with Crippen LogP contribution in [-0.4, -0.2) is 15.7 Å². The molecule has 0 bridgehead atoms. The zero-order chi connectivity index (χ0) is 12.8. The second kappa shape index (κ2) is 6.64. The number of carbonyl (C=O) groups is 1. The molecule has 1 amide bonds. The van der Waals surface area contributed by atoms with Gasteiger partial charge in [0.25, 0.3) is 0 Å². The van der Waals surface area contributed by atoms with Crippen molar-refractivity contribution in [3.8, 4) is 0 Å². The van der Waals surface area contributed by atoms with Crippen LogP contribution in [0.5, 0.6) is 0 Å². The highest BCUT2D eigenvalue weighted by molar-refractivity contribution is 6.31. The highest BCUT2D eigenvalue weighted by Crippen LogP contribution is 2.15. The molecule has 0 saturated heterocycles. The van der Waals surface area contributed by atoms with Crippen LogP contribution < -0.4 is 5.32 Å². The summed E-state index contributed by atoms with van der Waals surface area (Å²) in [6.07, 6.45) is 3.34. The lowest BCUT2D eigenvalue weighted by Gasteiger charge is -2.13. The van der Waals surface area contributed by atoms with E-state index in [2.05, 4.69) is 10.4 Å². The van der Waals surface area contributed by atoms with Gasteiger partial charge in [-0.2, -0.15) is 5.10 Å². The fourth-order valence-electron chi connectivity index (χ4n) is 1.81. The van der Waals surface area contributed by atoms with Gasteiger partial charge in [0.2, 0.25) is 5.91 Å². The number of carbonyl (C=O) groups excluding carboxylic acids is 1. The van der Waals surface area contributed by atoms with E-state index in [9.17, 15) is 4.79 Å². The summed E-state index contributed by atoms with van der Waals surface area (Å²) in [6.45, 7) is 7.24. The number of halogens is 1. The Bertz CT molecular complexity index is 372. The first kappa shape index (κ1) is 14.0. The van der Waals surface area contributed by atoms with Gasteiger partial charge in [-0.15, -0.1) is 0 Å². The van der Waals surface area contributed by atoms with E-state index in [0.29, 0.717) is 11.6 Å². The molecule has 5 heteroatoms. The van der Waals surface area contributed by atoms with Crippen molar-refractivity contribution in [2.45, 2.75) is 46.7 Å². The van der Waals surface area contributed by atoms with Crippen molar-refractivity contribution in [3.05, 3.63) is 16.9 Å². The molecule has 0 aliphatic carbocycles. The predicted octanol–water partition coefficient (Wildman–Crippen LogP) is 2.61. The molecule has 4 nitrogen and oxygen atoms in total. The Kier molecular flexibility index (Phi) is 5.48. The van der Waals surface area contributed by atoms with Gasteiger partial charge < -0.3 is 5.32 Å². The third-order valence-corrected chi connectivity index (χ3v) is 3.30. The van der Waals surface area contributed by atoms with E-state index in [4.69, 9.17) is 11.6 Å². The van der Waals surface area contributed by atoms with E-state index >= 15 is 0 Å². The van der Waals surface area contributed by atoms with Crippen LogP contribution in [0.25, 0.3) is 0 Å². The van der Waals surface area contributed by atoms with E-state index in [1.165, 1.54) is 0 Å². The van der Waals surface area contributed by atoms with Crippen LogP contribution in [-0.2, 0) is 17.9 Å². The Labute approximate surface area is 107 Å². The van der Waals surface area contributed by atoms with Gasteiger partial charge in [0.05, 0.1) is 23.5 Å². The van der Waals surface area contributed by atoms with Crippen molar-refractivity contribution < 1.29 is 4.79 Å². The van der Waals surface area contributed by atoms with Crippen molar-refractivity contribution >= 4 is 17.5 Å². The molecule has 0 saturated carbocycles. The first-order chi connectivity index (χ1) is 8.13. The molecule has 0 atom stereocenters. The second-order valence-corrected chi connectivity index (χ2v) is 4.39. The smallest absolute Gasteiger partial charge is 0.223 e. The van der Waals surface area contributed by atoms with Crippen LogP contribution in [0.15, 0.2) is 6.20 Å². The molecule has 0 fully saturated rings. The summed E-state index contributed by atoms with van der Waals surface area (Å²) in [5.74, 6) is 0.182. The molecule has 0 aromatic carbocycles. The van der Waals surface area contributed by atoms with Crippen LogP contribution in [0.2, 0.25) is 5.02 Å². The molecular formula is C12H20ClN3O. The third kappa shape index (κ3) is 3.46. The van der Waals surface area contributed by atoms with E-state index in [-0.39, 0.29) is 11.8 Å². The zero-order valence-corrected chi connectivity index (χ0v) is 11.4. The van der Waals surface area contributed by atoms with E-state index in [0.717, 1.165) is 25.1 Å². The van der Waals surface area contributed by atoms with Gasteiger partial charge in [-0.1, -0.05) is 25.4 Å². The summed E-state index contributed by atoms with van der Waals surface area (Å²) in [5.41, 5.74) is 0.869. The highest BCUT2D eigenvalue weighted by Gasteiger charge is 2.15. The van der Waals surface area contributed by atoms with Gasteiger partial charge in [-0.3, -0.25) is 9.48 Å². The second-order valence-electron chi connectivity index (χ2n) is 3.99. The minimum atomic E-state index is 0.0896. The monoisotopic (exact) mass is 257 g/mol. The minimum absolute atomic E-state index is 0.0896. The van der Waals surface area contributed by atoms with Crippen molar-refractivity contribution in [1.29, 1.82) is 0 Å². The van der Waals surface area contributed by atoms with Crippen LogP contribution in [0, 0.1) is 5.92 Å². The normalized spacial score (nSPS) is 10.9. The molecule has 1 aromatic heterocycles. The Morgan fingerprint density at radius 1 is 1.47 bits per heavy atom. The summed E-state index contributed by atoms with van der Waals surface area (Å²) in [7, 11) is 0. The fourth-order valence-corrected chi connectivity index (χ4v) is 2.02. The summed E-state index contributed by atoms with van der Waals surface area (Å²) < 4.78 is 1.80. The molecule has 96 valence electrons. The van der Waals surface area contributed by atoms with Crippen molar-refractivity contribution in [2.75, 3.05) is 0 Å². The number of aromatic nitrogens is 2. The Morgan fingerprint density at radius 2 is 2.12 bits per heavy atom. The van der Waals surface area contributed by atoms with E-state index in [1.807, 2.05) is 20.8 Å². The largest absolute Gasteiger partial charge is 0.350 e. The molecule has 1 N–H and O–H groups in total. The Balaban J connectivity index is 2.61. The number of nitrogens with zero attached hydrogens (tertiary/aromatic N) is 2. The number of aryl methyl sites for hydroxylation is 1. The summed E-state index contributed by atoms with van der Waals surface area (Å²) in [4.78, 5) is 11.8. The first-order valence-electron chi connectivity index (χ1n) is 6.11. The first-order valence-corrected chi connectivity index (χ1v) is 6.49.